The molecular weight excluding hydrogens is 451 g/mol. The molecule has 0 aromatic heterocycles. The minimum absolute atomic E-state index is 0. The smallest absolute Gasteiger partial charge is 0.222 e. The number of carbonyl (C=O) groups is 1. The highest BCUT2D eigenvalue weighted by Gasteiger charge is 2.20. The maximum absolute atomic E-state index is 11.8. The number of hydrogen-bond donors (Lipinski definition) is 2. The molecule has 1 aromatic rings. The SMILES string of the molecule is CN=C(NCc1cccc(CN2CCCC2=O)c1)NC1CCC(C)CC1.I. The fourth-order valence-corrected chi connectivity index (χ4v) is 3.91. The molecule has 1 amide bonds. The van der Waals surface area contributed by atoms with Crippen molar-refractivity contribution in [3.63, 3.8) is 0 Å². The molecule has 0 bridgehead atoms. The normalized spacial score (nSPS) is 23.1. The van der Waals surface area contributed by atoms with Gasteiger partial charge in [0, 0.05) is 39.1 Å². The van der Waals surface area contributed by atoms with E-state index in [4.69, 9.17) is 0 Å². The Morgan fingerprint density at radius 2 is 1.96 bits per heavy atom. The second-order valence-electron chi connectivity index (χ2n) is 7.77. The first-order valence-corrected chi connectivity index (χ1v) is 9.97. The molecule has 0 radical (unpaired) electrons. The Bertz CT molecular complexity index is 641. The van der Waals surface area contributed by atoms with Crippen LogP contribution in [0.3, 0.4) is 0 Å². The quantitative estimate of drug-likeness (QED) is 0.381. The molecule has 3 rings (SSSR count). The predicted molar refractivity (Wildman–Crippen MR) is 121 cm³/mol. The molecule has 5 nitrogen and oxygen atoms in total. The van der Waals surface area contributed by atoms with Gasteiger partial charge in [-0.2, -0.15) is 0 Å². The average molecular weight is 484 g/mol. The highest BCUT2D eigenvalue weighted by Crippen LogP contribution is 2.23. The molecule has 150 valence electrons. The third-order valence-corrected chi connectivity index (χ3v) is 5.58. The van der Waals surface area contributed by atoms with E-state index < -0.39 is 0 Å². The number of aliphatic imine (C=N–C) groups is 1. The second-order valence-corrected chi connectivity index (χ2v) is 7.77. The molecule has 1 aromatic carbocycles. The lowest BCUT2D eigenvalue weighted by Gasteiger charge is -2.28. The summed E-state index contributed by atoms with van der Waals surface area (Å²) in [7, 11) is 1.83. The number of nitrogens with one attached hydrogen (secondary N) is 2. The third-order valence-electron chi connectivity index (χ3n) is 5.58. The second kappa shape index (κ2) is 10.9. The summed E-state index contributed by atoms with van der Waals surface area (Å²) in [6.45, 7) is 4.69. The molecule has 1 aliphatic carbocycles. The summed E-state index contributed by atoms with van der Waals surface area (Å²) in [4.78, 5) is 18.1. The summed E-state index contributed by atoms with van der Waals surface area (Å²) in [5.74, 6) is 2.01. The zero-order chi connectivity index (χ0) is 18.4. The maximum atomic E-state index is 11.8. The Balaban J connectivity index is 0.00000261. The van der Waals surface area contributed by atoms with E-state index in [9.17, 15) is 4.79 Å². The Labute approximate surface area is 180 Å². The van der Waals surface area contributed by atoms with Crippen molar-refractivity contribution in [3.05, 3.63) is 35.4 Å². The molecule has 1 aliphatic heterocycles. The van der Waals surface area contributed by atoms with Crippen molar-refractivity contribution < 1.29 is 4.79 Å². The summed E-state index contributed by atoms with van der Waals surface area (Å²) < 4.78 is 0. The van der Waals surface area contributed by atoms with Gasteiger partial charge in [0.1, 0.15) is 0 Å². The topological polar surface area (TPSA) is 56.7 Å². The molecule has 27 heavy (non-hydrogen) atoms. The molecule has 0 unspecified atom stereocenters. The first-order chi connectivity index (χ1) is 12.6. The first kappa shape index (κ1) is 22.0. The van der Waals surface area contributed by atoms with Crippen molar-refractivity contribution in [1.82, 2.24) is 15.5 Å². The highest BCUT2D eigenvalue weighted by atomic mass is 127. The maximum Gasteiger partial charge on any atom is 0.222 e. The first-order valence-electron chi connectivity index (χ1n) is 9.97. The van der Waals surface area contributed by atoms with Gasteiger partial charge in [0.05, 0.1) is 0 Å². The summed E-state index contributed by atoms with van der Waals surface area (Å²) in [6.07, 6.45) is 6.73. The lowest BCUT2D eigenvalue weighted by atomic mass is 9.87. The van der Waals surface area contributed by atoms with Crippen molar-refractivity contribution in [2.45, 2.75) is 64.6 Å². The zero-order valence-electron chi connectivity index (χ0n) is 16.5. The van der Waals surface area contributed by atoms with Gasteiger partial charge in [0.15, 0.2) is 5.96 Å². The predicted octanol–water partition coefficient (Wildman–Crippen LogP) is 3.67. The van der Waals surface area contributed by atoms with Crippen LogP contribution in [0.2, 0.25) is 0 Å². The van der Waals surface area contributed by atoms with Gasteiger partial charge in [-0.25, -0.2) is 0 Å². The molecule has 6 heteroatoms. The number of rotatable bonds is 5. The van der Waals surface area contributed by atoms with Crippen LogP contribution in [0.5, 0.6) is 0 Å². The van der Waals surface area contributed by atoms with Gasteiger partial charge in [-0.3, -0.25) is 9.79 Å². The lowest BCUT2D eigenvalue weighted by molar-refractivity contribution is -0.128. The van der Waals surface area contributed by atoms with Crippen LogP contribution in [0.15, 0.2) is 29.3 Å². The Morgan fingerprint density at radius 3 is 2.63 bits per heavy atom. The van der Waals surface area contributed by atoms with Crippen molar-refractivity contribution in [1.29, 1.82) is 0 Å². The molecule has 2 fully saturated rings. The Hall–Kier alpha value is -1.31. The Kier molecular flexibility index (Phi) is 8.86. The number of hydrogen-bond acceptors (Lipinski definition) is 2. The van der Waals surface area contributed by atoms with Gasteiger partial charge in [0.25, 0.3) is 0 Å². The Morgan fingerprint density at radius 1 is 1.22 bits per heavy atom. The van der Waals surface area contributed by atoms with E-state index in [-0.39, 0.29) is 29.9 Å². The number of halogens is 1. The third kappa shape index (κ3) is 6.66. The monoisotopic (exact) mass is 484 g/mol. The van der Waals surface area contributed by atoms with Gasteiger partial charge in [0.2, 0.25) is 5.91 Å². The fraction of sp³-hybridized carbons (Fsp3) is 0.619. The van der Waals surface area contributed by atoms with Gasteiger partial charge in [-0.1, -0.05) is 31.2 Å². The summed E-state index contributed by atoms with van der Waals surface area (Å²) in [6, 6.07) is 9.02. The van der Waals surface area contributed by atoms with Crippen molar-refractivity contribution in [3.8, 4) is 0 Å². The van der Waals surface area contributed by atoms with E-state index in [2.05, 4.69) is 46.8 Å². The van der Waals surface area contributed by atoms with Crippen LogP contribution in [0.1, 0.15) is 56.6 Å². The van der Waals surface area contributed by atoms with E-state index in [0.717, 1.165) is 37.9 Å². The van der Waals surface area contributed by atoms with E-state index in [1.54, 1.807) is 0 Å². The van der Waals surface area contributed by atoms with Crippen LogP contribution >= 0.6 is 24.0 Å². The van der Waals surface area contributed by atoms with Gasteiger partial charge < -0.3 is 15.5 Å². The summed E-state index contributed by atoms with van der Waals surface area (Å²) >= 11 is 0. The fourth-order valence-electron chi connectivity index (χ4n) is 3.91. The van der Waals surface area contributed by atoms with Crippen molar-refractivity contribution in [2.24, 2.45) is 10.9 Å². The van der Waals surface area contributed by atoms with Crippen LogP contribution in [-0.4, -0.2) is 36.4 Å². The number of amides is 1. The number of guanidine groups is 1. The van der Waals surface area contributed by atoms with Gasteiger partial charge in [-0.05, 0) is 49.1 Å². The lowest BCUT2D eigenvalue weighted by Crippen LogP contribution is -2.44. The van der Waals surface area contributed by atoms with E-state index >= 15 is 0 Å². The molecule has 1 heterocycles. The molecule has 1 saturated heterocycles. The molecule has 2 N–H and O–H groups in total. The molecule has 1 saturated carbocycles. The standard InChI is InChI=1S/C21H32N4O.HI/c1-16-8-10-19(11-9-16)24-21(22-2)23-14-17-5-3-6-18(13-17)15-25-12-4-7-20(25)26;/h3,5-6,13,16,19H,4,7-12,14-15H2,1-2H3,(H2,22,23,24);1H. The zero-order valence-corrected chi connectivity index (χ0v) is 18.9. The van der Waals surface area contributed by atoms with Crippen molar-refractivity contribution in [2.75, 3.05) is 13.6 Å². The van der Waals surface area contributed by atoms with E-state index in [1.807, 2.05) is 11.9 Å². The van der Waals surface area contributed by atoms with Crippen LogP contribution < -0.4 is 10.6 Å². The van der Waals surface area contributed by atoms with E-state index in [1.165, 1.54) is 36.8 Å². The number of likely N-dealkylation sites (tertiary alicyclic amines) is 1. The number of benzene rings is 1. The summed E-state index contributed by atoms with van der Waals surface area (Å²) in [5.41, 5.74) is 2.41. The van der Waals surface area contributed by atoms with Gasteiger partial charge >= 0.3 is 0 Å². The van der Waals surface area contributed by atoms with E-state index in [0.29, 0.717) is 12.5 Å². The number of carbonyl (C=O) groups excluding carboxylic acids is 1. The molecule has 0 atom stereocenters. The van der Waals surface area contributed by atoms with Crippen LogP contribution in [-0.2, 0) is 17.9 Å². The molecule has 0 spiro atoms. The van der Waals surface area contributed by atoms with Gasteiger partial charge in [-0.15, -0.1) is 24.0 Å². The number of nitrogens with zero attached hydrogens (tertiary/aromatic N) is 2. The highest BCUT2D eigenvalue weighted by molar-refractivity contribution is 14.0. The molecular formula is C21H33IN4O. The average Bonchev–Trinajstić information content (AvgIpc) is 3.05. The molecule has 2 aliphatic rings. The summed E-state index contributed by atoms with van der Waals surface area (Å²) in [5, 5.41) is 6.99. The van der Waals surface area contributed by atoms with Crippen LogP contribution in [0.25, 0.3) is 0 Å². The largest absolute Gasteiger partial charge is 0.354 e. The van der Waals surface area contributed by atoms with Crippen LogP contribution in [0, 0.1) is 5.92 Å². The van der Waals surface area contributed by atoms with Crippen molar-refractivity contribution >= 4 is 35.8 Å². The minimum atomic E-state index is 0. The minimum Gasteiger partial charge on any atom is -0.354 e. The van der Waals surface area contributed by atoms with Crippen LogP contribution in [0.4, 0.5) is 0 Å².